The second kappa shape index (κ2) is 5.42. The van der Waals surface area contributed by atoms with E-state index in [2.05, 4.69) is 21.2 Å². The zero-order valence-electron chi connectivity index (χ0n) is 9.28. The zero-order chi connectivity index (χ0) is 12.3. The van der Waals surface area contributed by atoms with Crippen molar-refractivity contribution >= 4 is 39.3 Å². The lowest BCUT2D eigenvalue weighted by Gasteiger charge is -2.30. The predicted octanol–water partition coefficient (Wildman–Crippen LogP) is 2.65. The van der Waals surface area contributed by atoms with Gasteiger partial charge >= 0.3 is 0 Å². The van der Waals surface area contributed by atoms with Gasteiger partial charge in [-0.15, -0.1) is 0 Å². The van der Waals surface area contributed by atoms with E-state index in [9.17, 15) is 9.90 Å². The topological polar surface area (TPSA) is 49.3 Å². The molecule has 3 nitrogen and oxygen atoms in total. The Bertz CT molecular complexity index is 419. The molecule has 0 aromatic heterocycles. The molecule has 1 aliphatic rings. The van der Waals surface area contributed by atoms with Gasteiger partial charge in [-0.2, -0.15) is 11.8 Å². The van der Waals surface area contributed by atoms with Gasteiger partial charge in [-0.3, -0.25) is 4.79 Å². The monoisotopic (exact) mass is 315 g/mol. The van der Waals surface area contributed by atoms with Crippen molar-refractivity contribution in [3.05, 3.63) is 28.7 Å². The van der Waals surface area contributed by atoms with Gasteiger partial charge in [0.2, 0.25) is 0 Å². The van der Waals surface area contributed by atoms with E-state index in [1.54, 1.807) is 11.8 Å². The van der Waals surface area contributed by atoms with Gasteiger partial charge in [0.25, 0.3) is 5.91 Å². The lowest BCUT2D eigenvalue weighted by molar-refractivity contribution is -0.134. The van der Waals surface area contributed by atoms with Crippen LogP contribution in [0.25, 0.3) is 0 Å². The summed E-state index contributed by atoms with van der Waals surface area (Å²) in [7, 11) is 0. The van der Waals surface area contributed by atoms with Crippen molar-refractivity contribution in [2.45, 2.75) is 18.4 Å². The molecule has 1 fully saturated rings. The van der Waals surface area contributed by atoms with Crippen LogP contribution in [0.5, 0.6) is 0 Å². The molecule has 92 valence electrons. The summed E-state index contributed by atoms with van der Waals surface area (Å²) in [5, 5.41) is 13.0. The number of amides is 1. The molecular weight excluding hydrogens is 302 g/mol. The lowest BCUT2D eigenvalue weighted by atomic mass is 9.95. The Morgan fingerprint density at radius 2 is 2.12 bits per heavy atom. The van der Waals surface area contributed by atoms with E-state index < -0.39 is 5.60 Å². The highest BCUT2D eigenvalue weighted by Gasteiger charge is 2.37. The third-order valence-corrected chi connectivity index (χ3v) is 4.30. The highest BCUT2D eigenvalue weighted by molar-refractivity contribution is 9.10. The second-order valence-corrected chi connectivity index (χ2v) is 6.25. The highest BCUT2D eigenvalue weighted by Crippen LogP contribution is 2.28. The fraction of sp³-hybridized carbons (Fsp3) is 0.417. The van der Waals surface area contributed by atoms with Crippen LogP contribution in [0.1, 0.15) is 12.8 Å². The number of anilines is 1. The molecule has 0 atom stereocenters. The average molecular weight is 316 g/mol. The quantitative estimate of drug-likeness (QED) is 0.882. The summed E-state index contributed by atoms with van der Waals surface area (Å²) in [4.78, 5) is 12.0. The predicted molar refractivity (Wildman–Crippen MR) is 74.3 cm³/mol. The van der Waals surface area contributed by atoms with Crippen LogP contribution in [0.2, 0.25) is 0 Å². The Morgan fingerprint density at radius 3 is 2.76 bits per heavy atom. The largest absolute Gasteiger partial charge is 0.380 e. The molecule has 1 heterocycles. The van der Waals surface area contributed by atoms with Crippen LogP contribution in [0.4, 0.5) is 5.69 Å². The summed E-state index contributed by atoms with van der Waals surface area (Å²) in [5.41, 5.74) is -0.496. The number of nitrogens with one attached hydrogen (secondary N) is 1. The summed E-state index contributed by atoms with van der Waals surface area (Å²) in [6.45, 7) is 0. The SMILES string of the molecule is O=C(Nc1cccc(Br)c1)C1(O)CCSCC1. The minimum Gasteiger partial charge on any atom is -0.380 e. The van der Waals surface area contributed by atoms with Crippen molar-refractivity contribution in [1.82, 2.24) is 0 Å². The molecule has 1 aliphatic heterocycles. The van der Waals surface area contributed by atoms with Crippen LogP contribution in [0.3, 0.4) is 0 Å². The molecule has 0 unspecified atom stereocenters. The number of hydrogen-bond donors (Lipinski definition) is 2. The van der Waals surface area contributed by atoms with Crippen molar-refractivity contribution in [2.24, 2.45) is 0 Å². The molecule has 0 saturated carbocycles. The van der Waals surface area contributed by atoms with Crippen LogP contribution < -0.4 is 5.32 Å². The van der Waals surface area contributed by atoms with E-state index >= 15 is 0 Å². The standard InChI is InChI=1S/C12H14BrNO2S/c13-9-2-1-3-10(8-9)14-11(15)12(16)4-6-17-7-5-12/h1-3,8,16H,4-7H2,(H,14,15). The van der Waals surface area contributed by atoms with Crippen molar-refractivity contribution in [1.29, 1.82) is 0 Å². The van der Waals surface area contributed by atoms with Gasteiger partial charge in [0.1, 0.15) is 5.60 Å². The fourth-order valence-corrected chi connectivity index (χ4v) is 3.32. The molecule has 5 heteroatoms. The summed E-state index contributed by atoms with van der Waals surface area (Å²) in [6, 6.07) is 7.37. The maximum Gasteiger partial charge on any atom is 0.256 e. The summed E-state index contributed by atoms with van der Waals surface area (Å²) >= 11 is 5.12. The minimum absolute atomic E-state index is 0.295. The van der Waals surface area contributed by atoms with E-state index in [1.807, 2.05) is 24.3 Å². The van der Waals surface area contributed by atoms with E-state index in [-0.39, 0.29) is 5.91 Å². The Hall–Kier alpha value is -0.520. The van der Waals surface area contributed by atoms with E-state index in [0.717, 1.165) is 16.0 Å². The first-order valence-corrected chi connectivity index (χ1v) is 7.42. The van der Waals surface area contributed by atoms with Gasteiger partial charge in [0.15, 0.2) is 0 Å². The number of thioether (sulfide) groups is 1. The molecule has 1 aromatic rings. The smallest absolute Gasteiger partial charge is 0.256 e. The Labute approximate surface area is 113 Å². The molecular formula is C12H14BrNO2S. The summed E-state index contributed by atoms with van der Waals surface area (Å²) in [6.07, 6.45) is 1.05. The number of halogens is 1. The van der Waals surface area contributed by atoms with Gasteiger partial charge in [-0.25, -0.2) is 0 Å². The molecule has 0 radical (unpaired) electrons. The number of hydrogen-bond acceptors (Lipinski definition) is 3. The molecule has 1 aromatic carbocycles. The van der Waals surface area contributed by atoms with E-state index in [0.29, 0.717) is 18.5 Å². The van der Waals surface area contributed by atoms with Crippen molar-refractivity contribution in [2.75, 3.05) is 16.8 Å². The van der Waals surface area contributed by atoms with Gasteiger partial charge < -0.3 is 10.4 Å². The highest BCUT2D eigenvalue weighted by atomic mass is 79.9. The zero-order valence-corrected chi connectivity index (χ0v) is 11.7. The van der Waals surface area contributed by atoms with Crippen molar-refractivity contribution in [3.8, 4) is 0 Å². The summed E-state index contributed by atoms with van der Waals surface area (Å²) < 4.78 is 0.904. The Morgan fingerprint density at radius 1 is 1.41 bits per heavy atom. The van der Waals surface area contributed by atoms with Crippen LogP contribution in [-0.2, 0) is 4.79 Å². The summed E-state index contributed by atoms with van der Waals surface area (Å²) in [5.74, 6) is 1.38. The fourth-order valence-electron chi connectivity index (χ4n) is 1.75. The maximum absolute atomic E-state index is 12.0. The number of rotatable bonds is 2. The van der Waals surface area contributed by atoms with Crippen molar-refractivity contribution in [3.63, 3.8) is 0 Å². The molecule has 1 amide bonds. The first-order valence-electron chi connectivity index (χ1n) is 5.47. The second-order valence-electron chi connectivity index (χ2n) is 4.11. The minimum atomic E-state index is -1.20. The van der Waals surface area contributed by atoms with Crippen LogP contribution in [-0.4, -0.2) is 28.1 Å². The lowest BCUT2D eigenvalue weighted by Crippen LogP contribution is -2.45. The molecule has 1 saturated heterocycles. The van der Waals surface area contributed by atoms with Gasteiger partial charge in [0, 0.05) is 10.2 Å². The number of benzene rings is 1. The maximum atomic E-state index is 12.0. The number of carbonyl (C=O) groups is 1. The van der Waals surface area contributed by atoms with Gasteiger partial charge in [-0.1, -0.05) is 22.0 Å². The van der Waals surface area contributed by atoms with E-state index in [1.165, 1.54) is 0 Å². The van der Waals surface area contributed by atoms with E-state index in [4.69, 9.17) is 0 Å². The molecule has 17 heavy (non-hydrogen) atoms. The number of aliphatic hydroxyl groups is 1. The first-order chi connectivity index (χ1) is 8.10. The van der Waals surface area contributed by atoms with Crippen LogP contribution in [0, 0.1) is 0 Å². The van der Waals surface area contributed by atoms with Crippen LogP contribution >= 0.6 is 27.7 Å². The van der Waals surface area contributed by atoms with Gasteiger partial charge in [0.05, 0.1) is 0 Å². The molecule has 0 aliphatic carbocycles. The van der Waals surface area contributed by atoms with Gasteiger partial charge in [-0.05, 0) is 42.5 Å². The van der Waals surface area contributed by atoms with Crippen LogP contribution in [0.15, 0.2) is 28.7 Å². The normalized spacial score (nSPS) is 18.7. The van der Waals surface area contributed by atoms with Crippen molar-refractivity contribution < 1.29 is 9.90 Å². The molecule has 2 N–H and O–H groups in total. The third-order valence-electron chi connectivity index (χ3n) is 2.83. The molecule has 0 bridgehead atoms. The molecule has 2 rings (SSSR count). The molecule has 0 spiro atoms. The third kappa shape index (κ3) is 3.24. The number of carbonyl (C=O) groups excluding carboxylic acids is 1. The Balaban J connectivity index is 2.05. The Kier molecular flexibility index (Phi) is 4.12. The average Bonchev–Trinajstić information content (AvgIpc) is 2.30. The first kappa shape index (κ1) is 12.9.